The maximum absolute atomic E-state index is 12.7. The molecule has 0 saturated carbocycles. The summed E-state index contributed by atoms with van der Waals surface area (Å²) in [6, 6.07) is 38.6. The average Bonchev–Trinajstić information content (AvgIpc) is 4.05. The van der Waals surface area contributed by atoms with Crippen molar-refractivity contribution in [2.24, 2.45) is 16.6 Å². The minimum Gasteiger partial charge on any atom is -0.481 e. The number of hydrogen-bond acceptors (Lipinski definition) is 14. The van der Waals surface area contributed by atoms with Gasteiger partial charge in [-0.05, 0) is 90.1 Å². The Morgan fingerprint density at radius 2 is 1.09 bits per heavy atom. The van der Waals surface area contributed by atoms with E-state index in [0.717, 1.165) is 22.3 Å². The van der Waals surface area contributed by atoms with Gasteiger partial charge >= 0.3 is 17.9 Å². The maximum Gasteiger partial charge on any atom is 0.374 e. The van der Waals surface area contributed by atoms with Crippen LogP contribution in [0.15, 0.2) is 130 Å². The first-order chi connectivity index (χ1) is 33.1. The highest BCUT2D eigenvalue weighted by Crippen LogP contribution is 2.29. The van der Waals surface area contributed by atoms with Gasteiger partial charge in [0, 0.05) is 26.3 Å². The molecule has 6 aromatic rings. The molecule has 0 spiro atoms. The zero-order valence-corrected chi connectivity index (χ0v) is 40.0. The number of ether oxygens (including phenoxy) is 5. The lowest BCUT2D eigenvalue weighted by atomic mass is 9.82. The predicted molar refractivity (Wildman–Crippen MR) is 257 cm³/mol. The Hall–Kier alpha value is -7.34. The number of carbonyl (C=O) groups excluding carboxylic acids is 2. The van der Waals surface area contributed by atoms with Crippen LogP contribution in [0.5, 0.6) is 11.8 Å². The van der Waals surface area contributed by atoms with Crippen molar-refractivity contribution in [1.82, 2.24) is 15.6 Å². The zero-order chi connectivity index (χ0) is 50.4. The molecule has 0 aliphatic carbocycles. The van der Waals surface area contributed by atoms with Crippen LogP contribution < -0.4 is 20.5 Å². The molecular formula is C52H62N4O13. The van der Waals surface area contributed by atoms with E-state index >= 15 is 0 Å². The van der Waals surface area contributed by atoms with Crippen LogP contribution in [-0.4, -0.2) is 105 Å². The van der Waals surface area contributed by atoms with E-state index < -0.39 is 34.7 Å². The molecule has 5 N–H and O–H groups in total. The lowest BCUT2D eigenvalue weighted by Crippen LogP contribution is -2.44. The second-order valence-corrected chi connectivity index (χ2v) is 16.7. The molecule has 1 amide bonds. The Bertz CT molecular complexity index is 2500. The van der Waals surface area contributed by atoms with Gasteiger partial charge in [0.05, 0.1) is 57.0 Å². The highest BCUT2D eigenvalue weighted by molar-refractivity contribution is 5.92. The highest BCUT2D eigenvalue weighted by Gasteiger charge is 2.38. The van der Waals surface area contributed by atoms with E-state index in [1.54, 1.807) is 21.0 Å². The minimum absolute atomic E-state index is 0.0117. The van der Waals surface area contributed by atoms with E-state index in [0.29, 0.717) is 32.5 Å². The topological polar surface area (TPSA) is 245 Å². The first kappa shape index (κ1) is 54.3. The Kier molecular flexibility index (Phi) is 21.1. The van der Waals surface area contributed by atoms with Gasteiger partial charge < -0.3 is 54.0 Å². The van der Waals surface area contributed by atoms with Gasteiger partial charge in [0.2, 0.25) is 11.5 Å². The largest absolute Gasteiger partial charge is 0.481 e. The lowest BCUT2D eigenvalue weighted by Gasteiger charge is -2.29. The van der Waals surface area contributed by atoms with Gasteiger partial charge in [-0.3, -0.25) is 14.4 Å². The maximum atomic E-state index is 12.7. The van der Waals surface area contributed by atoms with Crippen molar-refractivity contribution in [3.05, 3.63) is 144 Å². The number of carboxylic acid groups (broad SMARTS) is 2. The van der Waals surface area contributed by atoms with Crippen molar-refractivity contribution < 1.29 is 62.1 Å². The molecule has 0 fully saturated rings. The molecule has 0 aliphatic heterocycles. The molecule has 69 heavy (non-hydrogen) atoms. The number of aromatic carboxylic acids is 1. The number of benzene rings is 4. The van der Waals surface area contributed by atoms with Gasteiger partial charge in [-0.25, -0.2) is 4.79 Å². The fraction of sp³-hybridized carbons (Fsp3) is 0.346. The number of methoxy groups -OCH3 is 4. The molecule has 17 nitrogen and oxygen atoms in total. The van der Waals surface area contributed by atoms with Crippen LogP contribution in [-0.2, 0) is 36.6 Å². The third-order valence-electron chi connectivity index (χ3n) is 10.9. The molecule has 2 heterocycles. The molecule has 0 unspecified atom stereocenters. The fourth-order valence-electron chi connectivity index (χ4n) is 7.41. The summed E-state index contributed by atoms with van der Waals surface area (Å²) in [5.74, 6) is -2.80. The first-order valence-corrected chi connectivity index (χ1v) is 22.0. The Morgan fingerprint density at radius 1 is 0.638 bits per heavy atom. The van der Waals surface area contributed by atoms with Crippen LogP contribution in [0.2, 0.25) is 0 Å². The second-order valence-electron chi connectivity index (χ2n) is 16.7. The molecule has 0 aliphatic rings. The van der Waals surface area contributed by atoms with E-state index in [-0.39, 0.29) is 48.3 Å². The first-order valence-electron chi connectivity index (χ1n) is 22.0. The van der Waals surface area contributed by atoms with E-state index in [9.17, 15) is 24.3 Å². The molecule has 0 radical (unpaired) electrons. The number of rotatable bonds is 22. The number of aliphatic carboxylic acids is 1. The summed E-state index contributed by atoms with van der Waals surface area (Å²) in [4.78, 5) is 47.1. The standard InChI is InChI=1S/C25H28N2O6.C22H29NO3.C5H5NO4/c1-25(16-31-2,24(29)30)15-20(26-23(28)21-14-22(32-3)27-33-21)13-17-9-11-19(12-10-17)18-7-5-4-6-8-18;1-4-26-21(24)22(2,16-25-3)15-20(23)14-17-10-12-19(13-11-17)18-8-6-5-7-9-18;1-9-4-2-3(5(7)8)10-6-4/h4-12,14,20H,13,15-16H2,1-3H3,(H,26,28)(H,29,30);5-13,20H,4,14-16,23H2,1-3H3;2H,1H3,(H,7,8)/t20-,25+;20-,22+;/m11./s1. The fourth-order valence-corrected chi connectivity index (χ4v) is 7.41. The number of carboxylic acids is 2. The van der Waals surface area contributed by atoms with Crippen LogP contribution in [0.25, 0.3) is 22.3 Å². The van der Waals surface area contributed by atoms with Crippen molar-refractivity contribution in [2.45, 2.75) is 58.5 Å². The van der Waals surface area contributed by atoms with Crippen LogP contribution in [0.1, 0.15) is 65.8 Å². The van der Waals surface area contributed by atoms with Crippen molar-refractivity contribution in [3.63, 3.8) is 0 Å². The molecule has 6 rings (SSSR count). The number of aromatic nitrogens is 2. The summed E-state index contributed by atoms with van der Waals surface area (Å²) in [6.45, 7) is 5.93. The summed E-state index contributed by atoms with van der Waals surface area (Å²) in [7, 11) is 5.84. The van der Waals surface area contributed by atoms with E-state index in [1.807, 2.05) is 79.7 Å². The third kappa shape index (κ3) is 16.7. The van der Waals surface area contributed by atoms with Gasteiger partial charge in [-0.2, -0.15) is 0 Å². The zero-order valence-electron chi connectivity index (χ0n) is 40.0. The van der Waals surface area contributed by atoms with Gasteiger partial charge in [-0.1, -0.05) is 109 Å². The normalized spacial score (nSPS) is 13.3. The van der Waals surface area contributed by atoms with Gasteiger partial charge in [-0.15, -0.1) is 0 Å². The van der Waals surface area contributed by atoms with Crippen LogP contribution >= 0.6 is 0 Å². The van der Waals surface area contributed by atoms with Crippen LogP contribution in [0, 0.1) is 10.8 Å². The number of nitrogens with zero attached hydrogens (tertiary/aromatic N) is 2. The lowest BCUT2D eigenvalue weighted by molar-refractivity contribution is -0.158. The molecule has 368 valence electrons. The minimum atomic E-state index is -1.18. The number of nitrogens with two attached hydrogens (primary N) is 1. The molecule has 17 heteroatoms. The monoisotopic (exact) mass is 950 g/mol. The smallest absolute Gasteiger partial charge is 0.374 e. The molecule has 0 saturated heterocycles. The summed E-state index contributed by atoms with van der Waals surface area (Å²) >= 11 is 0. The summed E-state index contributed by atoms with van der Waals surface area (Å²) in [5, 5.41) is 27.9. The molecule has 4 atom stereocenters. The Balaban J connectivity index is 0.000000255. The summed E-state index contributed by atoms with van der Waals surface area (Å²) < 4.78 is 34.5. The number of nitrogens with one attached hydrogen (secondary N) is 1. The predicted octanol–water partition coefficient (Wildman–Crippen LogP) is 8.03. The van der Waals surface area contributed by atoms with Crippen LogP contribution in [0.4, 0.5) is 0 Å². The number of amides is 1. The van der Waals surface area contributed by atoms with Gasteiger partial charge in [0.15, 0.2) is 0 Å². The second kappa shape index (κ2) is 26.9. The third-order valence-corrected chi connectivity index (χ3v) is 10.9. The van der Waals surface area contributed by atoms with Crippen molar-refractivity contribution >= 4 is 23.8 Å². The van der Waals surface area contributed by atoms with Gasteiger partial charge in [0.1, 0.15) is 0 Å². The Labute approximate surface area is 401 Å². The van der Waals surface area contributed by atoms with Crippen molar-refractivity contribution in [2.75, 3.05) is 48.3 Å². The van der Waals surface area contributed by atoms with Crippen molar-refractivity contribution in [3.8, 4) is 34.0 Å². The summed E-state index contributed by atoms with van der Waals surface area (Å²) in [6.07, 6.45) is 1.81. The molecule has 4 aromatic carbocycles. The van der Waals surface area contributed by atoms with E-state index in [1.165, 1.54) is 44.6 Å². The summed E-state index contributed by atoms with van der Waals surface area (Å²) in [5.41, 5.74) is 11.1. The quantitative estimate of drug-likeness (QED) is 0.0471. The van der Waals surface area contributed by atoms with Crippen molar-refractivity contribution in [1.29, 1.82) is 0 Å². The number of esters is 1. The SMILES string of the molecule is CCOC(=O)[C@](C)(COC)C[C@H](N)Cc1ccc(-c2ccccc2)cc1.COC[C@](C)(C[C@@H](Cc1ccc(-c2ccccc2)cc1)NC(=O)c1cc(OC)no1)C(=O)O.COc1cc(C(=O)O)on1. The van der Waals surface area contributed by atoms with E-state index in [2.05, 4.69) is 61.3 Å². The Morgan fingerprint density at radius 3 is 1.51 bits per heavy atom. The number of carbonyl (C=O) groups is 4. The highest BCUT2D eigenvalue weighted by atomic mass is 16.5. The molecule has 0 bridgehead atoms. The average molecular weight is 951 g/mol. The van der Waals surface area contributed by atoms with Gasteiger partial charge in [0.25, 0.3) is 17.7 Å². The van der Waals surface area contributed by atoms with Crippen LogP contribution in [0.3, 0.4) is 0 Å². The van der Waals surface area contributed by atoms with E-state index in [4.69, 9.17) is 34.3 Å². The molecular weight excluding hydrogens is 889 g/mol. The number of hydrogen-bond donors (Lipinski definition) is 4. The molecule has 2 aromatic heterocycles.